The van der Waals surface area contributed by atoms with Gasteiger partial charge in [0.15, 0.2) is 0 Å². The third-order valence-corrected chi connectivity index (χ3v) is 3.79. The maximum Gasteiger partial charge on any atom is 0.254 e. The van der Waals surface area contributed by atoms with E-state index in [0.29, 0.717) is 38.2 Å². The lowest BCUT2D eigenvalue weighted by atomic mass is 10.2. The van der Waals surface area contributed by atoms with Crippen LogP contribution in [-0.2, 0) is 4.79 Å². The molecule has 2 amide bonds. The first-order chi connectivity index (χ1) is 9.11. The van der Waals surface area contributed by atoms with Crippen molar-refractivity contribution < 1.29 is 9.59 Å². The summed E-state index contributed by atoms with van der Waals surface area (Å²) in [6.07, 6.45) is 0.527. The van der Waals surface area contributed by atoms with E-state index in [1.807, 2.05) is 36.1 Å². The normalized spacial score (nSPS) is 15.5. The fourth-order valence-electron chi connectivity index (χ4n) is 2.19. The molecule has 0 saturated carbocycles. The lowest BCUT2D eigenvalue weighted by molar-refractivity contribution is -0.132. The first-order valence-corrected chi connectivity index (χ1v) is 7.23. The van der Waals surface area contributed by atoms with Crippen molar-refractivity contribution in [2.75, 3.05) is 26.2 Å². The molecule has 1 aromatic rings. The second kappa shape index (κ2) is 6.19. The van der Waals surface area contributed by atoms with Gasteiger partial charge in [-0.25, -0.2) is 0 Å². The molecule has 0 atom stereocenters. The molecule has 0 aliphatic carbocycles. The van der Waals surface area contributed by atoms with Gasteiger partial charge >= 0.3 is 0 Å². The van der Waals surface area contributed by atoms with E-state index in [2.05, 4.69) is 15.9 Å². The molecule has 5 heteroatoms. The molecule has 1 saturated heterocycles. The molecular weight excluding hydrogens is 308 g/mol. The third-order valence-electron chi connectivity index (χ3n) is 3.29. The highest BCUT2D eigenvalue weighted by atomic mass is 79.9. The van der Waals surface area contributed by atoms with E-state index in [1.165, 1.54) is 0 Å². The fourth-order valence-corrected chi connectivity index (χ4v) is 2.59. The van der Waals surface area contributed by atoms with Crippen LogP contribution >= 0.6 is 15.9 Å². The van der Waals surface area contributed by atoms with Gasteiger partial charge in [0.2, 0.25) is 5.91 Å². The Morgan fingerprint density at radius 3 is 2.37 bits per heavy atom. The molecule has 0 N–H and O–H groups in total. The Bertz CT molecular complexity index is 482. The average Bonchev–Trinajstić information content (AvgIpc) is 2.46. The molecule has 1 heterocycles. The summed E-state index contributed by atoms with van der Waals surface area (Å²) in [5.41, 5.74) is 0.685. The van der Waals surface area contributed by atoms with Crippen LogP contribution in [0.3, 0.4) is 0 Å². The molecule has 2 rings (SSSR count). The van der Waals surface area contributed by atoms with Gasteiger partial charge in [0, 0.05) is 42.6 Å². The number of halogens is 1. The van der Waals surface area contributed by atoms with Gasteiger partial charge in [0.1, 0.15) is 0 Å². The Labute approximate surface area is 121 Å². The molecule has 0 spiro atoms. The highest BCUT2D eigenvalue weighted by Gasteiger charge is 2.23. The van der Waals surface area contributed by atoms with Crippen molar-refractivity contribution in [3.8, 4) is 0 Å². The van der Waals surface area contributed by atoms with Crippen molar-refractivity contribution in [3.63, 3.8) is 0 Å². The molecule has 19 heavy (non-hydrogen) atoms. The van der Waals surface area contributed by atoms with Crippen LogP contribution in [0.1, 0.15) is 23.7 Å². The molecule has 102 valence electrons. The Morgan fingerprint density at radius 1 is 1.16 bits per heavy atom. The number of rotatable bonds is 2. The Kier molecular flexibility index (Phi) is 4.58. The lowest BCUT2D eigenvalue weighted by Crippen LogP contribution is -2.50. The quantitative estimate of drug-likeness (QED) is 0.836. The van der Waals surface area contributed by atoms with Gasteiger partial charge in [-0.15, -0.1) is 0 Å². The molecule has 1 fully saturated rings. The van der Waals surface area contributed by atoms with Crippen molar-refractivity contribution in [3.05, 3.63) is 34.3 Å². The summed E-state index contributed by atoms with van der Waals surface area (Å²) < 4.78 is 0.901. The monoisotopic (exact) mass is 324 g/mol. The number of hydrogen-bond acceptors (Lipinski definition) is 2. The van der Waals surface area contributed by atoms with Crippen molar-refractivity contribution in [2.24, 2.45) is 0 Å². The molecular formula is C14H17BrN2O2. The minimum absolute atomic E-state index is 0.0323. The maximum atomic E-state index is 12.3. The van der Waals surface area contributed by atoms with Crippen LogP contribution in [0.25, 0.3) is 0 Å². The van der Waals surface area contributed by atoms with Crippen LogP contribution in [0.5, 0.6) is 0 Å². The van der Waals surface area contributed by atoms with Gasteiger partial charge in [-0.3, -0.25) is 9.59 Å². The van der Waals surface area contributed by atoms with Crippen LogP contribution in [0.15, 0.2) is 28.7 Å². The predicted molar refractivity (Wildman–Crippen MR) is 76.9 cm³/mol. The summed E-state index contributed by atoms with van der Waals surface area (Å²) in [5, 5.41) is 0. The van der Waals surface area contributed by atoms with Gasteiger partial charge in [-0.1, -0.05) is 28.9 Å². The van der Waals surface area contributed by atoms with Crippen LogP contribution in [0.2, 0.25) is 0 Å². The molecule has 4 nitrogen and oxygen atoms in total. The molecule has 0 bridgehead atoms. The summed E-state index contributed by atoms with van der Waals surface area (Å²) >= 11 is 3.37. The second-order valence-corrected chi connectivity index (χ2v) is 5.45. The number of carbonyl (C=O) groups excluding carboxylic acids is 2. The number of carbonyl (C=O) groups is 2. The predicted octanol–water partition coefficient (Wildman–Crippen LogP) is 2.14. The van der Waals surface area contributed by atoms with Gasteiger partial charge in [0.25, 0.3) is 5.91 Å². The van der Waals surface area contributed by atoms with E-state index >= 15 is 0 Å². The van der Waals surface area contributed by atoms with Gasteiger partial charge in [-0.2, -0.15) is 0 Å². The number of piperazine rings is 1. The molecule has 0 radical (unpaired) electrons. The highest BCUT2D eigenvalue weighted by molar-refractivity contribution is 9.10. The first kappa shape index (κ1) is 14.1. The highest BCUT2D eigenvalue weighted by Crippen LogP contribution is 2.15. The minimum atomic E-state index is 0.0323. The smallest absolute Gasteiger partial charge is 0.254 e. The molecule has 1 aromatic carbocycles. The Morgan fingerprint density at radius 2 is 1.79 bits per heavy atom. The summed E-state index contributed by atoms with van der Waals surface area (Å²) in [6.45, 7) is 4.34. The van der Waals surface area contributed by atoms with Crippen LogP contribution in [0.4, 0.5) is 0 Å². The average molecular weight is 325 g/mol. The van der Waals surface area contributed by atoms with Crippen molar-refractivity contribution in [1.82, 2.24) is 9.80 Å². The Balaban J connectivity index is 1.98. The van der Waals surface area contributed by atoms with Crippen LogP contribution in [-0.4, -0.2) is 47.8 Å². The zero-order chi connectivity index (χ0) is 13.8. The number of amides is 2. The van der Waals surface area contributed by atoms with E-state index < -0.39 is 0 Å². The van der Waals surface area contributed by atoms with E-state index in [-0.39, 0.29) is 11.8 Å². The number of benzene rings is 1. The summed E-state index contributed by atoms with van der Waals surface area (Å²) in [5.74, 6) is 0.194. The zero-order valence-corrected chi connectivity index (χ0v) is 12.5. The largest absolute Gasteiger partial charge is 0.339 e. The SMILES string of the molecule is CCC(=O)N1CCN(C(=O)c2cccc(Br)c2)CC1. The van der Waals surface area contributed by atoms with Crippen LogP contribution < -0.4 is 0 Å². The standard InChI is InChI=1S/C14H17BrN2O2/c1-2-13(18)16-6-8-17(9-7-16)14(19)11-4-3-5-12(15)10-11/h3-5,10H,2,6-9H2,1H3. The van der Waals surface area contributed by atoms with Gasteiger partial charge in [0.05, 0.1) is 0 Å². The Hall–Kier alpha value is -1.36. The summed E-state index contributed by atoms with van der Waals surface area (Å²) in [4.78, 5) is 27.5. The van der Waals surface area contributed by atoms with E-state index in [4.69, 9.17) is 0 Å². The van der Waals surface area contributed by atoms with E-state index in [9.17, 15) is 9.59 Å². The molecule has 0 unspecified atom stereocenters. The second-order valence-electron chi connectivity index (χ2n) is 4.54. The van der Waals surface area contributed by atoms with Crippen molar-refractivity contribution in [1.29, 1.82) is 0 Å². The third kappa shape index (κ3) is 3.35. The maximum absolute atomic E-state index is 12.3. The van der Waals surface area contributed by atoms with Gasteiger partial charge in [-0.05, 0) is 18.2 Å². The lowest BCUT2D eigenvalue weighted by Gasteiger charge is -2.34. The van der Waals surface area contributed by atoms with Gasteiger partial charge < -0.3 is 9.80 Å². The minimum Gasteiger partial charge on any atom is -0.339 e. The summed E-state index contributed by atoms with van der Waals surface area (Å²) in [7, 11) is 0. The van der Waals surface area contributed by atoms with E-state index in [0.717, 1.165) is 4.47 Å². The fraction of sp³-hybridized carbons (Fsp3) is 0.429. The van der Waals surface area contributed by atoms with Crippen molar-refractivity contribution >= 4 is 27.7 Å². The van der Waals surface area contributed by atoms with Crippen LogP contribution in [0, 0.1) is 0 Å². The van der Waals surface area contributed by atoms with E-state index in [1.54, 1.807) is 4.90 Å². The number of hydrogen-bond donors (Lipinski definition) is 0. The molecule has 1 aliphatic rings. The molecule has 0 aromatic heterocycles. The molecule has 1 aliphatic heterocycles. The zero-order valence-electron chi connectivity index (χ0n) is 10.9. The van der Waals surface area contributed by atoms with Crippen molar-refractivity contribution in [2.45, 2.75) is 13.3 Å². The summed E-state index contributed by atoms with van der Waals surface area (Å²) in [6, 6.07) is 7.39. The number of nitrogens with zero attached hydrogens (tertiary/aromatic N) is 2. The topological polar surface area (TPSA) is 40.6 Å². The first-order valence-electron chi connectivity index (χ1n) is 6.44.